The molecule has 4 nitrogen and oxygen atoms in total. The second-order valence-electron chi connectivity index (χ2n) is 4.97. The van der Waals surface area contributed by atoms with Gasteiger partial charge in [0.1, 0.15) is 11.5 Å². The lowest BCUT2D eigenvalue weighted by Crippen LogP contribution is -2.09. The van der Waals surface area contributed by atoms with E-state index in [9.17, 15) is 10.2 Å². The summed E-state index contributed by atoms with van der Waals surface area (Å²) in [5.74, 6) is -0.00236. The van der Waals surface area contributed by atoms with Gasteiger partial charge in [-0.1, -0.05) is 36.4 Å². The van der Waals surface area contributed by atoms with Crippen molar-refractivity contribution >= 4 is 17.6 Å². The molecule has 0 aliphatic rings. The highest BCUT2D eigenvalue weighted by molar-refractivity contribution is 5.85. The quantitative estimate of drug-likeness (QED) is 0.559. The van der Waals surface area contributed by atoms with E-state index in [4.69, 9.17) is 0 Å². The maximum Gasteiger partial charge on any atom is 0.128 e. The highest BCUT2D eigenvalue weighted by Gasteiger charge is 2.07. The fourth-order valence-corrected chi connectivity index (χ4v) is 2.18. The van der Waals surface area contributed by atoms with E-state index < -0.39 is 0 Å². The van der Waals surface area contributed by atoms with E-state index in [1.807, 2.05) is 60.7 Å². The number of hydrazone groups is 1. The standard InChI is InChI=1S/C19H16N2O2/c22-18-12-11-15(19(23)13-18)14-20-21(16-7-3-1-4-8-16)17-9-5-2-6-10-17/h1-14,22-23H. The van der Waals surface area contributed by atoms with Gasteiger partial charge >= 0.3 is 0 Å². The molecule has 3 aromatic carbocycles. The van der Waals surface area contributed by atoms with Gasteiger partial charge in [-0.25, -0.2) is 5.01 Å². The first-order valence-corrected chi connectivity index (χ1v) is 7.20. The summed E-state index contributed by atoms with van der Waals surface area (Å²) in [6.45, 7) is 0. The van der Waals surface area contributed by atoms with Crippen LogP contribution in [0.25, 0.3) is 0 Å². The van der Waals surface area contributed by atoms with Gasteiger partial charge in [0.2, 0.25) is 0 Å². The molecule has 3 rings (SSSR count). The molecule has 0 bridgehead atoms. The van der Waals surface area contributed by atoms with Crippen molar-refractivity contribution in [3.05, 3.63) is 84.4 Å². The number of hydrogen-bond acceptors (Lipinski definition) is 4. The molecular weight excluding hydrogens is 288 g/mol. The van der Waals surface area contributed by atoms with Crippen LogP contribution in [-0.2, 0) is 0 Å². The third kappa shape index (κ3) is 3.49. The molecule has 0 aliphatic heterocycles. The summed E-state index contributed by atoms with van der Waals surface area (Å²) in [6, 6.07) is 23.9. The Kier molecular flexibility index (Phi) is 4.25. The third-order valence-electron chi connectivity index (χ3n) is 3.33. The van der Waals surface area contributed by atoms with E-state index in [2.05, 4.69) is 5.10 Å². The number of rotatable bonds is 4. The first-order valence-electron chi connectivity index (χ1n) is 7.20. The number of anilines is 2. The van der Waals surface area contributed by atoms with Gasteiger partial charge in [-0.15, -0.1) is 0 Å². The molecule has 114 valence electrons. The molecule has 0 saturated heterocycles. The smallest absolute Gasteiger partial charge is 0.128 e. The van der Waals surface area contributed by atoms with Crippen molar-refractivity contribution in [2.75, 3.05) is 5.01 Å². The minimum atomic E-state index is -0.0187. The molecule has 0 unspecified atom stereocenters. The number of aromatic hydroxyl groups is 2. The fourth-order valence-electron chi connectivity index (χ4n) is 2.18. The van der Waals surface area contributed by atoms with E-state index in [-0.39, 0.29) is 11.5 Å². The van der Waals surface area contributed by atoms with Crippen LogP contribution in [0.3, 0.4) is 0 Å². The summed E-state index contributed by atoms with van der Waals surface area (Å²) in [5, 5.41) is 25.5. The largest absolute Gasteiger partial charge is 0.508 e. The normalized spacial score (nSPS) is 10.8. The Balaban J connectivity index is 1.98. The lowest BCUT2D eigenvalue weighted by molar-refractivity contribution is 0.450. The minimum Gasteiger partial charge on any atom is -0.508 e. The van der Waals surface area contributed by atoms with Gasteiger partial charge < -0.3 is 10.2 Å². The summed E-state index contributed by atoms with van der Waals surface area (Å²) in [7, 11) is 0. The SMILES string of the molecule is Oc1ccc(C=NN(c2ccccc2)c2ccccc2)c(O)c1. The van der Waals surface area contributed by atoms with Crippen LogP contribution < -0.4 is 5.01 Å². The molecule has 23 heavy (non-hydrogen) atoms. The Hall–Kier alpha value is -3.27. The molecule has 0 aliphatic carbocycles. The van der Waals surface area contributed by atoms with Gasteiger partial charge in [-0.05, 0) is 36.4 Å². The number of benzene rings is 3. The molecule has 0 fully saturated rings. The van der Waals surface area contributed by atoms with Gasteiger partial charge in [0.15, 0.2) is 0 Å². The lowest BCUT2D eigenvalue weighted by atomic mass is 10.2. The molecule has 0 saturated carbocycles. The molecule has 0 spiro atoms. The van der Waals surface area contributed by atoms with Gasteiger partial charge in [-0.2, -0.15) is 5.10 Å². The van der Waals surface area contributed by atoms with Crippen LogP contribution in [0.5, 0.6) is 11.5 Å². The van der Waals surface area contributed by atoms with Gasteiger partial charge in [0.05, 0.1) is 17.6 Å². The predicted molar refractivity (Wildman–Crippen MR) is 92.4 cm³/mol. The van der Waals surface area contributed by atoms with Crippen molar-refractivity contribution in [1.82, 2.24) is 0 Å². The second kappa shape index (κ2) is 6.66. The zero-order valence-electron chi connectivity index (χ0n) is 12.4. The minimum absolute atomic E-state index is 0.0163. The van der Waals surface area contributed by atoms with E-state index in [0.717, 1.165) is 11.4 Å². The van der Waals surface area contributed by atoms with Crippen molar-refractivity contribution in [3.63, 3.8) is 0 Å². The van der Waals surface area contributed by atoms with Crippen LogP contribution >= 0.6 is 0 Å². The molecule has 0 atom stereocenters. The van der Waals surface area contributed by atoms with Crippen molar-refractivity contribution in [2.45, 2.75) is 0 Å². The van der Waals surface area contributed by atoms with Crippen molar-refractivity contribution < 1.29 is 10.2 Å². The first kappa shape index (κ1) is 14.7. The predicted octanol–water partition coefficient (Wildman–Crippen LogP) is 4.27. The Morgan fingerprint density at radius 3 is 1.83 bits per heavy atom. The molecular formula is C19H16N2O2. The summed E-state index contributed by atoms with van der Waals surface area (Å²) in [6.07, 6.45) is 1.56. The van der Waals surface area contributed by atoms with Gasteiger partial charge in [-0.3, -0.25) is 0 Å². The van der Waals surface area contributed by atoms with Crippen molar-refractivity contribution in [2.24, 2.45) is 5.10 Å². The fraction of sp³-hybridized carbons (Fsp3) is 0. The summed E-state index contributed by atoms with van der Waals surface area (Å²) in [4.78, 5) is 0. The number of phenols is 2. The maximum atomic E-state index is 9.88. The molecule has 0 radical (unpaired) electrons. The number of hydrogen-bond donors (Lipinski definition) is 2. The molecule has 3 aromatic rings. The van der Waals surface area contributed by atoms with E-state index in [1.165, 1.54) is 12.1 Å². The Morgan fingerprint density at radius 1 is 0.739 bits per heavy atom. The molecule has 2 N–H and O–H groups in total. The van der Waals surface area contributed by atoms with E-state index in [0.29, 0.717) is 5.56 Å². The number of nitrogens with zero attached hydrogens (tertiary/aromatic N) is 2. The average Bonchev–Trinajstić information content (AvgIpc) is 2.59. The van der Waals surface area contributed by atoms with Crippen LogP contribution in [-0.4, -0.2) is 16.4 Å². The van der Waals surface area contributed by atoms with Crippen LogP contribution in [0, 0.1) is 0 Å². The van der Waals surface area contributed by atoms with E-state index >= 15 is 0 Å². The van der Waals surface area contributed by atoms with Gasteiger partial charge in [0.25, 0.3) is 0 Å². The maximum absolute atomic E-state index is 9.88. The lowest BCUT2D eigenvalue weighted by Gasteiger charge is -2.19. The van der Waals surface area contributed by atoms with Crippen LogP contribution in [0.4, 0.5) is 11.4 Å². The van der Waals surface area contributed by atoms with Crippen molar-refractivity contribution in [3.8, 4) is 11.5 Å². The van der Waals surface area contributed by atoms with Crippen LogP contribution in [0.2, 0.25) is 0 Å². The summed E-state index contributed by atoms with van der Waals surface area (Å²) < 4.78 is 0. The van der Waals surface area contributed by atoms with Gasteiger partial charge in [0, 0.05) is 11.6 Å². The van der Waals surface area contributed by atoms with Crippen LogP contribution in [0.1, 0.15) is 5.56 Å². The monoisotopic (exact) mass is 304 g/mol. The zero-order chi connectivity index (χ0) is 16.1. The zero-order valence-corrected chi connectivity index (χ0v) is 12.4. The second-order valence-corrected chi connectivity index (χ2v) is 4.97. The van der Waals surface area contributed by atoms with Crippen LogP contribution in [0.15, 0.2) is 84.0 Å². The topological polar surface area (TPSA) is 56.1 Å². The number of para-hydroxylation sites is 2. The molecule has 0 aromatic heterocycles. The van der Waals surface area contributed by atoms with E-state index in [1.54, 1.807) is 17.3 Å². The Labute approximate surface area is 134 Å². The third-order valence-corrected chi connectivity index (χ3v) is 3.33. The Bertz CT molecular complexity index is 763. The highest BCUT2D eigenvalue weighted by Crippen LogP contribution is 2.26. The average molecular weight is 304 g/mol. The molecule has 0 amide bonds. The highest BCUT2D eigenvalue weighted by atomic mass is 16.3. The summed E-state index contributed by atoms with van der Waals surface area (Å²) in [5.41, 5.74) is 2.35. The Morgan fingerprint density at radius 2 is 1.30 bits per heavy atom. The van der Waals surface area contributed by atoms with Crippen molar-refractivity contribution in [1.29, 1.82) is 0 Å². The number of phenolic OH excluding ortho intramolecular Hbond substituents is 2. The molecule has 0 heterocycles. The molecule has 4 heteroatoms. The summed E-state index contributed by atoms with van der Waals surface area (Å²) >= 11 is 0. The first-order chi connectivity index (χ1) is 11.2.